The lowest BCUT2D eigenvalue weighted by atomic mass is 9.84. The third-order valence-corrected chi connectivity index (χ3v) is 5.51. The Morgan fingerprint density at radius 3 is 2.39 bits per heavy atom. The molecule has 8 heteroatoms. The Hall–Kier alpha value is -3.29. The molecule has 0 radical (unpaired) electrons. The highest BCUT2D eigenvalue weighted by Crippen LogP contribution is 2.40. The Morgan fingerprint density at radius 1 is 1.15 bits per heavy atom. The summed E-state index contributed by atoms with van der Waals surface area (Å²) in [4.78, 5) is 14.6. The van der Waals surface area contributed by atoms with Gasteiger partial charge in [0.1, 0.15) is 5.84 Å². The van der Waals surface area contributed by atoms with Crippen LogP contribution in [0.15, 0.2) is 18.2 Å². The largest absolute Gasteiger partial charge is 0.504 e. The number of amidine groups is 1. The summed E-state index contributed by atoms with van der Waals surface area (Å²) in [6, 6.07) is 4.74. The number of ketones is 1. The fraction of sp³-hybridized carbons (Fsp3) is 0.440. The number of halogens is 1. The molecule has 0 aliphatic carbocycles. The molecule has 2 N–H and O–H groups in total. The summed E-state index contributed by atoms with van der Waals surface area (Å²) in [6.45, 7) is 10.1. The summed E-state index contributed by atoms with van der Waals surface area (Å²) < 4.78 is 31.6. The molecule has 0 bridgehead atoms. The van der Waals surface area contributed by atoms with Gasteiger partial charge in [-0.15, -0.1) is 0 Å². The van der Waals surface area contributed by atoms with E-state index in [1.54, 1.807) is 26.0 Å². The molecule has 178 valence electrons. The number of aromatic hydroxyl groups is 1. The quantitative estimate of drug-likeness (QED) is 0.559. The molecule has 0 amide bonds. The highest BCUT2D eigenvalue weighted by atomic mass is 19.1. The van der Waals surface area contributed by atoms with Crippen molar-refractivity contribution in [2.75, 3.05) is 26.9 Å². The Balaban J connectivity index is 1.92. The van der Waals surface area contributed by atoms with E-state index in [-0.39, 0.29) is 59.5 Å². The topological polar surface area (TPSA) is 92.1 Å². The molecule has 0 fully saturated rings. The molecule has 1 aliphatic rings. The molecule has 0 spiro atoms. The van der Waals surface area contributed by atoms with Crippen molar-refractivity contribution in [3.05, 3.63) is 46.3 Å². The van der Waals surface area contributed by atoms with Crippen LogP contribution >= 0.6 is 0 Å². The fourth-order valence-electron chi connectivity index (χ4n) is 3.97. The van der Waals surface area contributed by atoms with Crippen LogP contribution in [0.4, 0.5) is 4.39 Å². The van der Waals surface area contributed by atoms with Crippen molar-refractivity contribution in [1.82, 2.24) is 4.90 Å². The van der Waals surface area contributed by atoms with Gasteiger partial charge in [-0.25, -0.2) is 4.39 Å². The van der Waals surface area contributed by atoms with Crippen LogP contribution in [-0.4, -0.2) is 48.5 Å². The normalized spacial score (nSPS) is 13.2. The minimum Gasteiger partial charge on any atom is -0.504 e. The molecule has 7 nitrogen and oxygen atoms in total. The number of Topliss-reactive ketones (excluding diaryl/α,β-unsaturated/α-hetero) is 1. The molecule has 0 unspecified atom stereocenters. The van der Waals surface area contributed by atoms with Crippen LogP contribution < -0.4 is 14.2 Å². The van der Waals surface area contributed by atoms with Crippen LogP contribution in [0, 0.1) is 11.2 Å². The van der Waals surface area contributed by atoms with E-state index >= 15 is 4.39 Å². The molecule has 3 rings (SSSR count). The number of phenolic OH excluding ortho intramolecular Hbond substituents is 1. The Bertz CT molecular complexity index is 1090. The summed E-state index contributed by atoms with van der Waals surface area (Å²) in [7, 11) is 1.47. The maximum Gasteiger partial charge on any atom is 0.197 e. The Labute approximate surface area is 193 Å². The Kier molecular flexibility index (Phi) is 6.86. The predicted molar refractivity (Wildman–Crippen MR) is 124 cm³/mol. The van der Waals surface area contributed by atoms with Crippen molar-refractivity contribution >= 4 is 11.6 Å². The zero-order valence-corrected chi connectivity index (χ0v) is 20.0. The van der Waals surface area contributed by atoms with Crippen molar-refractivity contribution < 1.29 is 28.5 Å². The van der Waals surface area contributed by atoms with Gasteiger partial charge in [-0.1, -0.05) is 20.8 Å². The van der Waals surface area contributed by atoms with E-state index in [0.29, 0.717) is 29.0 Å². The number of rotatable bonds is 8. The summed E-state index contributed by atoms with van der Waals surface area (Å²) in [5.41, 5.74) is 1.30. The third kappa shape index (κ3) is 4.60. The number of fused-ring (bicyclic) bond motifs is 1. The lowest BCUT2D eigenvalue weighted by Gasteiger charge is -2.24. The van der Waals surface area contributed by atoms with Gasteiger partial charge in [0.2, 0.25) is 0 Å². The van der Waals surface area contributed by atoms with Gasteiger partial charge in [0, 0.05) is 17.7 Å². The van der Waals surface area contributed by atoms with Crippen LogP contribution in [0.3, 0.4) is 0 Å². The number of hydrogen-bond donors (Lipinski definition) is 2. The molecule has 1 heterocycles. The zero-order valence-electron chi connectivity index (χ0n) is 20.0. The van der Waals surface area contributed by atoms with Gasteiger partial charge < -0.3 is 24.2 Å². The van der Waals surface area contributed by atoms with E-state index in [1.165, 1.54) is 18.1 Å². The van der Waals surface area contributed by atoms with E-state index in [1.807, 2.05) is 20.8 Å². The summed E-state index contributed by atoms with van der Waals surface area (Å²) >= 11 is 0. The maximum atomic E-state index is 15.2. The zero-order chi connectivity index (χ0) is 24.5. The van der Waals surface area contributed by atoms with Crippen molar-refractivity contribution in [2.45, 2.75) is 46.6 Å². The summed E-state index contributed by atoms with van der Waals surface area (Å²) in [5.74, 6) is -0.580. The number of ether oxygens (including phenoxy) is 3. The monoisotopic (exact) mass is 458 g/mol. The average Bonchev–Trinajstić information content (AvgIpc) is 3.04. The maximum absolute atomic E-state index is 15.2. The van der Waals surface area contributed by atoms with E-state index in [4.69, 9.17) is 19.6 Å². The molecule has 1 aliphatic heterocycles. The van der Waals surface area contributed by atoms with E-state index in [9.17, 15) is 9.90 Å². The van der Waals surface area contributed by atoms with Crippen LogP contribution in [0.2, 0.25) is 0 Å². The van der Waals surface area contributed by atoms with E-state index in [2.05, 4.69) is 0 Å². The van der Waals surface area contributed by atoms with Crippen molar-refractivity contribution in [2.24, 2.45) is 0 Å². The number of carbonyl (C=O) groups excluding carboxylic acids is 1. The fourth-order valence-corrected chi connectivity index (χ4v) is 3.97. The average molecular weight is 459 g/mol. The second kappa shape index (κ2) is 9.29. The van der Waals surface area contributed by atoms with Gasteiger partial charge in [-0.3, -0.25) is 10.2 Å². The molecule has 2 aromatic carbocycles. The van der Waals surface area contributed by atoms with Crippen molar-refractivity contribution in [3.8, 4) is 23.0 Å². The van der Waals surface area contributed by atoms with Crippen LogP contribution in [0.25, 0.3) is 0 Å². The molecule has 0 aromatic heterocycles. The number of carbonyl (C=O) groups is 1. The van der Waals surface area contributed by atoms with Gasteiger partial charge in [-0.2, -0.15) is 0 Å². The summed E-state index contributed by atoms with van der Waals surface area (Å²) in [6.07, 6.45) is 0. The molecule has 0 saturated carbocycles. The number of nitrogens with zero attached hydrogens (tertiary/aromatic N) is 1. The second-order valence-corrected chi connectivity index (χ2v) is 8.87. The standard InChI is InChI=1S/C25H31FN2O5/c1-7-32-19-11-15-12-28(24(27)20(15)21(26)23(19)33-8-2)13-18(30)14-9-16(25(3,4)5)22(31-6)17(29)10-14/h9-11,27,29H,7-8,12-13H2,1-6H3. The van der Waals surface area contributed by atoms with Gasteiger partial charge in [0.25, 0.3) is 0 Å². The molecular formula is C25H31FN2O5. The Morgan fingerprint density at radius 2 is 1.82 bits per heavy atom. The first-order chi connectivity index (χ1) is 15.5. The smallest absolute Gasteiger partial charge is 0.197 e. The lowest BCUT2D eigenvalue weighted by molar-refractivity contribution is 0.0962. The predicted octanol–water partition coefficient (Wildman–Crippen LogP) is 4.66. The first-order valence-corrected chi connectivity index (χ1v) is 10.9. The SMILES string of the molecule is CCOc1cc2c(c(F)c1OCC)C(=N)N(CC(=O)c1cc(O)c(OC)c(C(C)(C)C)c1)C2. The van der Waals surface area contributed by atoms with Gasteiger partial charge in [-0.05, 0) is 43.0 Å². The van der Waals surface area contributed by atoms with E-state index < -0.39 is 5.82 Å². The van der Waals surface area contributed by atoms with Crippen LogP contribution in [0.5, 0.6) is 23.0 Å². The van der Waals surface area contributed by atoms with Crippen LogP contribution in [0.1, 0.15) is 61.7 Å². The number of phenols is 1. The highest BCUT2D eigenvalue weighted by Gasteiger charge is 2.33. The van der Waals surface area contributed by atoms with Gasteiger partial charge in [0.05, 0.1) is 32.4 Å². The minimum absolute atomic E-state index is 0.0223. The van der Waals surface area contributed by atoms with E-state index in [0.717, 1.165) is 0 Å². The highest BCUT2D eigenvalue weighted by molar-refractivity contribution is 6.06. The number of nitrogens with one attached hydrogen (secondary N) is 1. The van der Waals surface area contributed by atoms with Crippen molar-refractivity contribution in [1.29, 1.82) is 5.41 Å². The van der Waals surface area contributed by atoms with Gasteiger partial charge in [0.15, 0.2) is 34.6 Å². The molecular weight excluding hydrogens is 427 g/mol. The minimum atomic E-state index is -0.658. The number of benzene rings is 2. The van der Waals surface area contributed by atoms with Crippen molar-refractivity contribution in [3.63, 3.8) is 0 Å². The number of hydrogen-bond acceptors (Lipinski definition) is 6. The van der Waals surface area contributed by atoms with Crippen LogP contribution in [-0.2, 0) is 12.0 Å². The van der Waals surface area contributed by atoms with Gasteiger partial charge >= 0.3 is 0 Å². The molecule has 0 atom stereocenters. The first kappa shape index (κ1) is 24.4. The third-order valence-electron chi connectivity index (χ3n) is 5.51. The second-order valence-electron chi connectivity index (χ2n) is 8.87. The first-order valence-electron chi connectivity index (χ1n) is 10.9. The lowest BCUT2D eigenvalue weighted by Crippen LogP contribution is -2.30. The summed E-state index contributed by atoms with van der Waals surface area (Å²) in [5, 5.41) is 18.9. The molecule has 0 saturated heterocycles. The number of methoxy groups -OCH3 is 1. The molecule has 2 aromatic rings. The molecule has 33 heavy (non-hydrogen) atoms.